The van der Waals surface area contributed by atoms with Gasteiger partial charge in [-0.15, -0.1) is 0 Å². The Bertz CT molecular complexity index is 401. The van der Waals surface area contributed by atoms with Crippen LogP contribution in [0.3, 0.4) is 0 Å². The van der Waals surface area contributed by atoms with Crippen molar-refractivity contribution in [2.24, 2.45) is 0 Å². The van der Waals surface area contributed by atoms with Crippen LogP contribution in [0.5, 0.6) is 0 Å². The third-order valence-corrected chi connectivity index (χ3v) is 2.06. The van der Waals surface area contributed by atoms with Crippen molar-refractivity contribution in [1.82, 2.24) is 0 Å². The minimum Gasteiger partial charge on any atom is -0.495 e. The largest absolute Gasteiger partial charge is 0.495 e. The van der Waals surface area contributed by atoms with Gasteiger partial charge in [0.2, 0.25) is 0 Å². The molecule has 1 rings (SSSR count). The average Bonchev–Trinajstić information content (AvgIpc) is 2.32. The second kappa shape index (κ2) is 6.91. The predicted molar refractivity (Wildman–Crippen MR) is 61.8 cm³/mol. The van der Waals surface area contributed by atoms with Crippen LogP contribution in [0.1, 0.15) is 12.5 Å². The first kappa shape index (κ1) is 13.5. The molecule has 5 heteroatoms. The summed E-state index contributed by atoms with van der Waals surface area (Å²) in [5, 5.41) is -0.131. The van der Waals surface area contributed by atoms with E-state index in [1.807, 2.05) is 0 Å². The molecule has 92 valence electrons. The molecule has 0 N–H and O–H groups in total. The number of esters is 1. The van der Waals surface area contributed by atoms with Gasteiger partial charge in [-0.25, -0.2) is 9.18 Å². The first-order valence-electron chi connectivity index (χ1n) is 5.02. The van der Waals surface area contributed by atoms with E-state index in [9.17, 15) is 9.18 Å². The van der Waals surface area contributed by atoms with Crippen molar-refractivity contribution >= 4 is 17.6 Å². The zero-order valence-corrected chi connectivity index (χ0v) is 10.0. The topological polar surface area (TPSA) is 35.5 Å². The van der Waals surface area contributed by atoms with Gasteiger partial charge >= 0.3 is 5.97 Å². The molecule has 0 fully saturated rings. The van der Waals surface area contributed by atoms with E-state index in [-0.39, 0.29) is 24.1 Å². The molecule has 0 aliphatic carbocycles. The predicted octanol–water partition coefficient (Wildman–Crippen LogP) is 2.99. The van der Waals surface area contributed by atoms with Crippen molar-refractivity contribution in [1.29, 1.82) is 0 Å². The summed E-state index contributed by atoms with van der Waals surface area (Å²) in [6.45, 7) is 2.14. The zero-order valence-electron chi connectivity index (χ0n) is 9.28. The summed E-state index contributed by atoms with van der Waals surface area (Å²) in [7, 11) is 0. The second-order valence-electron chi connectivity index (χ2n) is 3.12. The quantitative estimate of drug-likeness (QED) is 0.463. The van der Waals surface area contributed by atoms with Gasteiger partial charge in [0.1, 0.15) is 18.7 Å². The summed E-state index contributed by atoms with van der Waals surface area (Å²) in [5.74, 6) is -0.942. The molecule has 0 saturated heterocycles. The fourth-order valence-electron chi connectivity index (χ4n) is 1.04. The van der Waals surface area contributed by atoms with E-state index < -0.39 is 5.97 Å². The molecule has 0 heterocycles. The van der Waals surface area contributed by atoms with E-state index in [0.717, 1.165) is 11.8 Å². The number of halogens is 2. The van der Waals surface area contributed by atoms with Crippen LogP contribution in [0.4, 0.5) is 4.39 Å². The van der Waals surface area contributed by atoms with Crippen molar-refractivity contribution in [3.05, 3.63) is 46.9 Å². The van der Waals surface area contributed by atoms with Crippen LogP contribution in [-0.2, 0) is 20.9 Å². The molecule has 17 heavy (non-hydrogen) atoms. The SMILES string of the molecule is CCOC(=O)/C(Cl)=C/OCc1ccc(F)cc1. The number of carbonyl (C=O) groups excluding carboxylic acids is 1. The molecule has 0 aliphatic heterocycles. The van der Waals surface area contributed by atoms with Gasteiger partial charge in [0.25, 0.3) is 0 Å². The van der Waals surface area contributed by atoms with Crippen molar-refractivity contribution in [2.45, 2.75) is 13.5 Å². The second-order valence-corrected chi connectivity index (χ2v) is 3.53. The van der Waals surface area contributed by atoms with Crippen LogP contribution in [0.15, 0.2) is 35.6 Å². The molecule has 0 amide bonds. The van der Waals surface area contributed by atoms with E-state index in [2.05, 4.69) is 4.74 Å². The van der Waals surface area contributed by atoms with Gasteiger partial charge in [-0.2, -0.15) is 0 Å². The summed E-state index contributed by atoms with van der Waals surface area (Å²) in [5.41, 5.74) is 0.774. The number of carbonyl (C=O) groups is 1. The Labute approximate surface area is 104 Å². The number of hydrogen-bond donors (Lipinski definition) is 0. The average molecular weight is 259 g/mol. The standard InChI is InChI=1S/C12H12ClFO3/c1-2-17-12(15)11(13)8-16-7-9-3-5-10(14)6-4-9/h3-6,8H,2,7H2,1H3/b11-8-. The van der Waals surface area contributed by atoms with Crippen molar-refractivity contribution in [3.63, 3.8) is 0 Å². The van der Waals surface area contributed by atoms with Gasteiger partial charge in [0.05, 0.1) is 6.61 Å². The maximum absolute atomic E-state index is 12.6. The first-order chi connectivity index (χ1) is 8.13. The van der Waals surface area contributed by atoms with Gasteiger partial charge in [0.15, 0.2) is 5.03 Å². The first-order valence-corrected chi connectivity index (χ1v) is 5.40. The van der Waals surface area contributed by atoms with E-state index in [1.165, 1.54) is 12.1 Å². The summed E-state index contributed by atoms with van der Waals surface area (Å²) in [4.78, 5) is 11.1. The van der Waals surface area contributed by atoms with Crippen molar-refractivity contribution in [3.8, 4) is 0 Å². The Hall–Kier alpha value is -1.55. The molecule has 0 aromatic heterocycles. The lowest BCUT2D eigenvalue weighted by Crippen LogP contribution is -2.04. The third-order valence-electron chi connectivity index (χ3n) is 1.82. The molecule has 0 saturated carbocycles. The molecular formula is C12H12ClFO3. The molecule has 1 aromatic carbocycles. The lowest BCUT2D eigenvalue weighted by molar-refractivity contribution is -0.137. The smallest absolute Gasteiger partial charge is 0.352 e. The van der Waals surface area contributed by atoms with Gasteiger partial charge in [0, 0.05) is 0 Å². The Morgan fingerprint density at radius 2 is 2.06 bits per heavy atom. The van der Waals surface area contributed by atoms with Gasteiger partial charge in [-0.05, 0) is 24.6 Å². The summed E-state index contributed by atoms with van der Waals surface area (Å²) < 4.78 is 22.3. The van der Waals surface area contributed by atoms with E-state index >= 15 is 0 Å². The normalized spacial score (nSPS) is 11.1. The fourth-order valence-corrected chi connectivity index (χ4v) is 1.16. The Balaban J connectivity index is 2.43. The minimum atomic E-state index is -0.631. The van der Waals surface area contributed by atoms with Crippen LogP contribution in [0.25, 0.3) is 0 Å². The van der Waals surface area contributed by atoms with Crippen LogP contribution >= 0.6 is 11.6 Å². The summed E-state index contributed by atoms with van der Waals surface area (Å²) >= 11 is 5.60. The number of benzene rings is 1. The molecular weight excluding hydrogens is 247 g/mol. The van der Waals surface area contributed by atoms with Gasteiger partial charge in [-0.1, -0.05) is 23.7 Å². The fraction of sp³-hybridized carbons (Fsp3) is 0.250. The van der Waals surface area contributed by atoms with Gasteiger partial charge in [-0.3, -0.25) is 0 Å². The Morgan fingerprint density at radius 3 is 2.65 bits per heavy atom. The molecule has 1 aromatic rings. The Kier molecular flexibility index (Phi) is 5.49. The molecule has 0 atom stereocenters. The summed E-state index contributed by atoms with van der Waals surface area (Å²) in [6.07, 6.45) is 1.11. The van der Waals surface area contributed by atoms with E-state index in [1.54, 1.807) is 19.1 Å². The molecule has 0 unspecified atom stereocenters. The molecule has 0 bridgehead atoms. The van der Waals surface area contributed by atoms with Crippen LogP contribution in [0, 0.1) is 5.82 Å². The highest BCUT2D eigenvalue weighted by molar-refractivity contribution is 6.41. The van der Waals surface area contributed by atoms with Gasteiger partial charge < -0.3 is 9.47 Å². The van der Waals surface area contributed by atoms with E-state index in [4.69, 9.17) is 16.3 Å². The van der Waals surface area contributed by atoms with Crippen LogP contribution in [0.2, 0.25) is 0 Å². The van der Waals surface area contributed by atoms with Crippen molar-refractivity contribution < 1.29 is 18.7 Å². The number of ether oxygens (including phenoxy) is 2. The third kappa shape index (κ3) is 4.87. The monoisotopic (exact) mass is 258 g/mol. The van der Waals surface area contributed by atoms with Crippen LogP contribution in [-0.4, -0.2) is 12.6 Å². The highest BCUT2D eigenvalue weighted by atomic mass is 35.5. The highest BCUT2D eigenvalue weighted by Gasteiger charge is 2.06. The van der Waals surface area contributed by atoms with Crippen LogP contribution < -0.4 is 0 Å². The number of hydrogen-bond acceptors (Lipinski definition) is 3. The highest BCUT2D eigenvalue weighted by Crippen LogP contribution is 2.08. The zero-order chi connectivity index (χ0) is 12.7. The molecule has 3 nitrogen and oxygen atoms in total. The van der Waals surface area contributed by atoms with E-state index in [0.29, 0.717) is 0 Å². The molecule has 0 radical (unpaired) electrons. The molecule has 0 aliphatic rings. The lowest BCUT2D eigenvalue weighted by atomic mass is 10.2. The maximum atomic E-state index is 12.6. The number of rotatable bonds is 5. The molecule has 0 spiro atoms. The summed E-state index contributed by atoms with van der Waals surface area (Å²) in [6, 6.07) is 5.83. The lowest BCUT2D eigenvalue weighted by Gasteiger charge is -2.03. The minimum absolute atomic E-state index is 0.131. The van der Waals surface area contributed by atoms with Crippen molar-refractivity contribution in [2.75, 3.05) is 6.61 Å². The maximum Gasteiger partial charge on any atom is 0.352 e. The Morgan fingerprint density at radius 1 is 1.41 bits per heavy atom.